The third kappa shape index (κ3) is 4.68. The number of carbonyl (C=O) groups is 1. The molecule has 3 aromatic rings. The molecule has 26 heavy (non-hydrogen) atoms. The van der Waals surface area contributed by atoms with Crippen LogP contribution in [-0.4, -0.2) is 31.2 Å². The molecule has 1 heterocycles. The van der Waals surface area contributed by atoms with Gasteiger partial charge in [0.05, 0.1) is 17.1 Å². The predicted molar refractivity (Wildman–Crippen MR) is 107 cm³/mol. The summed E-state index contributed by atoms with van der Waals surface area (Å²) >= 11 is 1.64. The SMILES string of the molecule is COCCCNC(=O)Cc1sc(Cc2cccc3ccccc23)nc1C. The summed E-state index contributed by atoms with van der Waals surface area (Å²) in [4.78, 5) is 17.8. The zero-order valence-corrected chi connectivity index (χ0v) is 16.1. The number of fused-ring (bicyclic) bond motifs is 1. The van der Waals surface area contributed by atoms with Crippen LogP contribution in [0.5, 0.6) is 0 Å². The molecule has 0 aliphatic heterocycles. The first-order valence-corrected chi connectivity index (χ1v) is 9.66. The molecule has 0 aliphatic carbocycles. The highest BCUT2D eigenvalue weighted by Gasteiger charge is 2.13. The summed E-state index contributed by atoms with van der Waals surface area (Å²) in [5.74, 6) is 0.0459. The lowest BCUT2D eigenvalue weighted by Crippen LogP contribution is -2.26. The highest BCUT2D eigenvalue weighted by atomic mass is 32.1. The minimum Gasteiger partial charge on any atom is -0.385 e. The maximum absolute atomic E-state index is 12.1. The van der Waals surface area contributed by atoms with E-state index in [0.717, 1.165) is 28.4 Å². The van der Waals surface area contributed by atoms with E-state index in [1.807, 2.05) is 6.92 Å². The molecule has 4 nitrogen and oxygen atoms in total. The molecule has 0 bridgehead atoms. The molecule has 1 aromatic heterocycles. The van der Waals surface area contributed by atoms with Crippen molar-refractivity contribution in [2.45, 2.75) is 26.2 Å². The van der Waals surface area contributed by atoms with Crippen LogP contribution in [0, 0.1) is 6.92 Å². The lowest BCUT2D eigenvalue weighted by molar-refractivity contribution is -0.120. The summed E-state index contributed by atoms with van der Waals surface area (Å²) in [5, 5.41) is 6.50. The first-order valence-electron chi connectivity index (χ1n) is 8.85. The second kappa shape index (κ2) is 8.92. The van der Waals surface area contributed by atoms with E-state index in [-0.39, 0.29) is 5.91 Å². The summed E-state index contributed by atoms with van der Waals surface area (Å²) in [6.45, 7) is 3.29. The lowest BCUT2D eigenvalue weighted by atomic mass is 10.0. The van der Waals surface area contributed by atoms with Crippen molar-refractivity contribution in [3.63, 3.8) is 0 Å². The number of benzene rings is 2. The zero-order chi connectivity index (χ0) is 18.4. The molecule has 2 aromatic carbocycles. The molecule has 0 spiro atoms. The van der Waals surface area contributed by atoms with Crippen molar-refractivity contribution >= 4 is 28.0 Å². The van der Waals surface area contributed by atoms with Crippen LogP contribution in [0.4, 0.5) is 0 Å². The Kier molecular flexibility index (Phi) is 6.36. The standard InChI is InChI=1S/C21H24N2O2S/c1-15-19(14-20(24)22-11-6-12-25-2)26-21(23-15)13-17-9-5-8-16-7-3-4-10-18(16)17/h3-5,7-10H,6,11-14H2,1-2H3,(H,22,24). The third-order valence-electron chi connectivity index (χ3n) is 4.33. The van der Waals surface area contributed by atoms with Crippen molar-refractivity contribution < 1.29 is 9.53 Å². The number of hydrogen-bond donors (Lipinski definition) is 1. The number of hydrogen-bond acceptors (Lipinski definition) is 4. The molecule has 0 radical (unpaired) electrons. The number of ether oxygens (including phenoxy) is 1. The Hall–Kier alpha value is -2.24. The van der Waals surface area contributed by atoms with Crippen LogP contribution >= 0.6 is 11.3 Å². The number of amides is 1. The largest absolute Gasteiger partial charge is 0.385 e. The second-order valence-electron chi connectivity index (χ2n) is 6.30. The minimum absolute atomic E-state index is 0.0459. The van der Waals surface area contributed by atoms with Gasteiger partial charge in [-0.25, -0.2) is 4.98 Å². The summed E-state index contributed by atoms with van der Waals surface area (Å²) in [5.41, 5.74) is 2.23. The molecular formula is C21H24N2O2S. The van der Waals surface area contributed by atoms with Gasteiger partial charge in [0.15, 0.2) is 0 Å². The molecule has 0 atom stereocenters. The van der Waals surface area contributed by atoms with Crippen molar-refractivity contribution in [2.75, 3.05) is 20.3 Å². The fraction of sp³-hybridized carbons (Fsp3) is 0.333. The molecule has 1 amide bonds. The highest BCUT2D eigenvalue weighted by Crippen LogP contribution is 2.25. The van der Waals surface area contributed by atoms with E-state index < -0.39 is 0 Å². The van der Waals surface area contributed by atoms with Crippen LogP contribution in [-0.2, 0) is 22.4 Å². The monoisotopic (exact) mass is 368 g/mol. The van der Waals surface area contributed by atoms with Crippen molar-refractivity contribution in [2.24, 2.45) is 0 Å². The Morgan fingerprint density at radius 2 is 2.00 bits per heavy atom. The van der Waals surface area contributed by atoms with Crippen molar-refractivity contribution in [1.29, 1.82) is 0 Å². The van der Waals surface area contributed by atoms with Crippen molar-refractivity contribution in [3.05, 3.63) is 63.6 Å². The van der Waals surface area contributed by atoms with E-state index in [2.05, 4.69) is 47.8 Å². The summed E-state index contributed by atoms with van der Waals surface area (Å²) in [6, 6.07) is 14.8. The molecule has 3 rings (SSSR count). The van der Waals surface area contributed by atoms with Crippen LogP contribution in [0.15, 0.2) is 42.5 Å². The number of carbonyl (C=O) groups excluding carboxylic acids is 1. The van der Waals surface area contributed by atoms with Gasteiger partial charge in [-0.2, -0.15) is 0 Å². The van der Waals surface area contributed by atoms with Crippen LogP contribution in [0.1, 0.15) is 27.6 Å². The summed E-state index contributed by atoms with van der Waals surface area (Å²) < 4.78 is 4.99. The van der Waals surface area contributed by atoms with Gasteiger partial charge in [-0.3, -0.25) is 4.79 Å². The molecule has 0 saturated carbocycles. The van der Waals surface area contributed by atoms with E-state index in [0.29, 0.717) is 19.6 Å². The van der Waals surface area contributed by atoms with Gasteiger partial charge in [0.2, 0.25) is 5.91 Å². The highest BCUT2D eigenvalue weighted by molar-refractivity contribution is 7.11. The van der Waals surface area contributed by atoms with Crippen LogP contribution in [0.2, 0.25) is 0 Å². The molecule has 5 heteroatoms. The van der Waals surface area contributed by atoms with Crippen molar-refractivity contribution in [3.8, 4) is 0 Å². The summed E-state index contributed by atoms with van der Waals surface area (Å²) in [7, 11) is 1.67. The summed E-state index contributed by atoms with van der Waals surface area (Å²) in [6.07, 6.45) is 2.02. The van der Waals surface area contributed by atoms with Gasteiger partial charge in [-0.05, 0) is 29.7 Å². The Morgan fingerprint density at radius 1 is 1.19 bits per heavy atom. The Morgan fingerprint density at radius 3 is 2.85 bits per heavy atom. The molecule has 0 fully saturated rings. The van der Waals surface area contributed by atoms with E-state index in [9.17, 15) is 4.79 Å². The third-order valence-corrected chi connectivity index (χ3v) is 5.48. The normalized spacial score (nSPS) is 11.0. The van der Waals surface area contributed by atoms with Gasteiger partial charge >= 0.3 is 0 Å². The van der Waals surface area contributed by atoms with Crippen LogP contribution < -0.4 is 5.32 Å². The average Bonchev–Trinajstić information content (AvgIpc) is 2.98. The van der Waals surface area contributed by atoms with Gasteiger partial charge in [-0.1, -0.05) is 42.5 Å². The maximum atomic E-state index is 12.1. The smallest absolute Gasteiger partial charge is 0.225 e. The Labute approximate surface area is 158 Å². The molecule has 1 N–H and O–H groups in total. The number of methoxy groups -OCH3 is 1. The van der Waals surface area contributed by atoms with Crippen LogP contribution in [0.25, 0.3) is 10.8 Å². The number of thiazole rings is 1. The van der Waals surface area contributed by atoms with Gasteiger partial charge in [0.25, 0.3) is 0 Å². The van der Waals surface area contributed by atoms with Gasteiger partial charge in [0.1, 0.15) is 0 Å². The van der Waals surface area contributed by atoms with Crippen LogP contribution in [0.3, 0.4) is 0 Å². The van der Waals surface area contributed by atoms with Crippen molar-refractivity contribution in [1.82, 2.24) is 10.3 Å². The molecule has 0 saturated heterocycles. The Bertz CT molecular complexity index is 883. The van der Waals surface area contributed by atoms with Gasteiger partial charge in [0, 0.05) is 31.6 Å². The quantitative estimate of drug-likeness (QED) is 0.614. The first-order chi connectivity index (χ1) is 12.7. The van der Waals surface area contributed by atoms with E-state index >= 15 is 0 Å². The Balaban J connectivity index is 1.67. The fourth-order valence-corrected chi connectivity index (χ4v) is 4.08. The zero-order valence-electron chi connectivity index (χ0n) is 15.2. The van der Waals surface area contributed by atoms with E-state index in [4.69, 9.17) is 9.72 Å². The average molecular weight is 369 g/mol. The molecule has 0 unspecified atom stereocenters. The lowest BCUT2D eigenvalue weighted by Gasteiger charge is -2.04. The number of aryl methyl sites for hydroxylation is 1. The number of aromatic nitrogens is 1. The fourth-order valence-electron chi connectivity index (χ4n) is 2.99. The second-order valence-corrected chi connectivity index (χ2v) is 7.47. The number of nitrogens with one attached hydrogen (secondary N) is 1. The van der Waals surface area contributed by atoms with E-state index in [1.165, 1.54) is 16.3 Å². The number of nitrogens with zero attached hydrogens (tertiary/aromatic N) is 1. The molecular weight excluding hydrogens is 344 g/mol. The molecule has 136 valence electrons. The van der Waals surface area contributed by atoms with Gasteiger partial charge < -0.3 is 10.1 Å². The number of rotatable bonds is 8. The maximum Gasteiger partial charge on any atom is 0.225 e. The van der Waals surface area contributed by atoms with E-state index in [1.54, 1.807) is 18.4 Å². The topological polar surface area (TPSA) is 51.2 Å². The minimum atomic E-state index is 0.0459. The molecule has 0 aliphatic rings. The first kappa shape index (κ1) is 18.5. The predicted octanol–water partition coefficient (Wildman–Crippen LogP) is 3.89. The van der Waals surface area contributed by atoms with Gasteiger partial charge in [-0.15, -0.1) is 11.3 Å².